The Kier molecular flexibility index (Phi) is 4.71. The third-order valence-corrected chi connectivity index (χ3v) is 3.66. The van der Waals surface area contributed by atoms with Gasteiger partial charge in [-0.1, -0.05) is 22.0 Å². The van der Waals surface area contributed by atoms with Crippen LogP contribution >= 0.6 is 15.9 Å². The van der Waals surface area contributed by atoms with Crippen molar-refractivity contribution in [1.29, 1.82) is 0 Å². The highest BCUT2D eigenvalue weighted by atomic mass is 79.9. The normalized spacial score (nSPS) is 11.1. The summed E-state index contributed by atoms with van der Waals surface area (Å²) in [6.07, 6.45) is 0. The molecule has 0 heterocycles. The van der Waals surface area contributed by atoms with E-state index in [1.807, 2.05) is 0 Å². The Bertz CT molecular complexity index is 750. The standard InChI is InChI=1S/C13H14BrN3O3S/c14-10-4-5-13(18)9(6-10)8-16-11-2-1-3-12(7-11)17-21(15,19)20/h1-7,16-18H,8H2,(H2,15,19,20). The van der Waals surface area contributed by atoms with Crippen molar-refractivity contribution in [3.05, 3.63) is 52.5 Å². The van der Waals surface area contributed by atoms with Gasteiger partial charge in [0, 0.05) is 22.3 Å². The zero-order valence-corrected chi connectivity index (χ0v) is 13.3. The average Bonchev–Trinajstić information content (AvgIpc) is 2.38. The van der Waals surface area contributed by atoms with Crippen LogP contribution in [-0.2, 0) is 16.8 Å². The van der Waals surface area contributed by atoms with E-state index in [1.54, 1.807) is 42.5 Å². The summed E-state index contributed by atoms with van der Waals surface area (Å²) in [6.45, 7) is 0.393. The van der Waals surface area contributed by atoms with Crippen LogP contribution < -0.4 is 15.2 Å². The molecule has 0 saturated carbocycles. The van der Waals surface area contributed by atoms with E-state index in [0.717, 1.165) is 4.47 Å². The molecule has 2 aromatic rings. The molecule has 0 aromatic heterocycles. The number of anilines is 2. The molecular formula is C13H14BrN3O3S. The quantitative estimate of drug-likeness (QED) is 0.647. The van der Waals surface area contributed by atoms with E-state index < -0.39 is 10.2 Å². The first-order valence-electron chi connectivity index (χ1n) is 5.95. The number of hydrogen-bond donors (Lipinski definition) is 4. The van der Waals surface area contributed by atoms with Crippen LogP contribution in [0, 0.1) is 0 Å². The number of hydrogen-bond acceptors (Lipinski definition) is 4. The van der Waals surface area contributed by atoms with Crippen molar-refractivity contribution >= 4 is 37.5 Å². The SMILES string of the molecule is NS(=O)(=O)Nc1cccc(NCc2cc(Br)ccc2O)c1. The molecule has 0 radical (unpaired) electrons. The van der Waals surface area contributed by atoms with Crippen LogP contribution in [-0.4, -0.2) is 13.5 Å². The molecule has 112 valence electrons. The van der Waals surface area contributed by atoms with Gasteiger partial charge in [-0.3, -0.25) is 4.72 Å². The van der Waals surface area contributed by atoms with Gasteiger partial charge in [0.15, 0.2) is 0 Å². The summed E-state index contributed by atoms with van der Waals surface area (Å²) in [7, 11) is -3.80. The third-order valence-electron chi connectivity index (χ3n) is 2.65. The van der Waals surface area contributed by atoms with Gasteiger partial charge in [-0.05, 0) is 36.4 Å². The van der Waals surface area contributed by atoms with Crippen molar-refractivity contribution < 1.29 is 13.5 Å². The highest BCUT2D eigenvalue weighted by Gasteiger charge is 2.04. The Morgan fingerprint density at radius 3 is 2.57 bits per heavy atom. The first kappa shape index (κ1) is 15.6. The van der Waals surface area contributed by atoms with E-state index in [4.69, 9.17) is 5.14 Å². The lowest BCUT2D eigenvalue weighted by Crippen LogP contribution is -2.21. The molecule has 0 aliphatic heterocycles. The molecule has 0 aliphatic carbocycles. The van der Waals surface area contributed by atoms with Gasteiger partial charge in [0.25, 0.3) is 10.2 Å². The molecule has 0 spiro atoms. The van der Waals surface area contributed by atoms with E-state index >= 15 is 0 Å². The second-order valence-electron chi connectivity index (χ2n) is 4.35. The molecule has 0 unspecified atom stereocenters. The van der Waals surface area contributed by atoms with E-state index in [2.05, 4.69) is 26.0 Å². The number of nitrogens with two attached hydrogens (primary N) is 1. The fourth-order valence-electron chi connectivity index (χ4n) is 1.75. The lowest BCUT2D eigenvalue weighted by molar-refractivity contribution is 0.469. The van der Waals surface area contributed by atoms with Gasteiger partial charge in [0.2, 0.25) is 0 Å². The highest BCUT2D eigenvalue weighted by molar-refractivity contribution is 9.10. The molecular weight excluding hydrogens is 358 g/mol. The van der Waals surface area contributed by atoms with Gasteiger partial charge in [-0.15, -0.1) is 0 Å². The molecule has 0 amide bonds. The van der Waals surface area contributed by atoms with E-state index in [9.17, 15) is 13.5 Å². The number of phenols is 1. The summed E-state index contributed by atoms with van der Waals surface area (Å²) in [5, 5.41) is 17.8. The Morgan fingerprint density at radius 1 is 1.14 bits per heavy atom. The third kappa shape index (κ3) is 4.92. The number of halogens is 1. The van der Waals surface area contributed by atoms with Crippen molar-refractivity contribution in [3.63, 3.8) is 0 Å². The molecule has 0 atom stereocenters. The molecule has 0 fully saturated rings. The Balaban J connectivity index is 2.10. The summed E-state index contributed by atoms with van der Waals surface area (Å²) in [5.74, 6) is 0.185. The second kappa shape index (κ2) is 6.33. The van der Waals surface area contributed by atoms with E-state index in [0.29, 0.717) is 23.5 Å². The fourth-order valence-corrected chi connectivity index (χ4v) is 2.61. The molecule has 5 N–H and O–H groups in total. The molecule has 21 heavy (non-hydrogen) atoms. The molecule has 0 bridgehead atoms. The van der Waals surface area contributed by atoms with Gasteiger partial charge in [0.1, 0.15) is 5.75 Å². The summed E-state index contributed by atoms with van der Waals surface area (Å²) in [5.41, 5.74) is 1.78. The highest BCUT2D eigenvalue weighted by Crippen LogP contribution is 2.23. The summed E-state index contributed by atoms with van der Waals surface area (Å²) in [6, 6.07) is 11.8. The number of benzene rings is 2. The summed E-state index contributed by atoms with van der Waals surface area (Å²) in [4.78, 5) is 0. The van der Waals surface area contributed by atoms with Crippen LogP contribution in [0.5, 0.6) is 5.75 Å². The van der Waals surface area contributed by atoms with Crippen molar-refractivity contribution in [3.8, 4) is 5.75 Å². The van der Waals surface area contributed by atoms with Crippen molar-refractivity contribution in [2.24, 2.45) is 5.14 Å². The van der Waals surface area contributed by atoms with Crippen LogP contribution in [0.2, 0.25) is 0 Å². The first-order valence-corrected chi connectivity index (χ1v) is 8.29. The Hall–Kier alpha value is -1.77. The van der Waals surface area contributed by atoms with Gasteiger partial charge >= 0.3 is 0 Å². The number of nitrogens with one attached hydrogen (secondary N) is 2. The lowest BCUT2D eigenvalue weighted by Gasteiger charge is -2.10. The van der Waals surface area contributed by atoms with Gasteiger partial charge in [0.05, 0.1) is 5.69 Å². The number of phenolic OH excluding ortho intramolecular Hbond substituents is 1. The molecule has 2 rings (SSSR count). The maximum absolute atomic E-state index is 11.0. The van der Waals surface area contributed by atoms with Crippen molar-refractivity contribution in [2.45, 2.75) is 6.54 Å². The van der Waals surface area contributed by atoms with Gasteiger partial charge in [-0.25, -0.2) is 5.14 Å². The molecule has 0 aliphatic rings. The fraction of sp³-hybridized carbons (Fsp3) is 0.0769. The molecule has 2 aromatic carbocycles. The molecule has 6 nitrogen and oxygen atoms in total. The maximum Gasteiger partial charge on any atom is 0.296 e. The lowest BCUT2D eigenvalue weighted by atomic mass is 10.2. The maximum atomic E-state index is 11.0. The largest absolute Gasteiger partial charge is 0.508 e. The van der Waals surface area contributed by atoms with Crippen LogP contribution in [0.15, 0.2) is 46.9 Å². The molecule has 8 heteroatoms. The van der Waals surface area contributed by atoms with Gasteiger partial charge < -0.3 is 10.4 Å². The average molecular weight is 372 g/mol. The predicted octanol–water partition coefficient (Wildman–Crippen LogP) is 2.38. The van der Waals surface area contributed by atoms with Crippen molar-refractivity contribution in [1.82, 2.24) is 0 Å². The molecule has 0 saturated heterocycles. The zero-order valence-electron chi connectivity index (χ0n) is 10.9. The topological polar surface area (TPSA) is 104 Å². The van der Waals surface area contributed by atoms with E-state index in [1.165, 1.54) is 0 Å². The second-order valence-corrected chi connectivity index (χ2v) is 6.56. The van der Waals surface area contributed by atoms with Crippen molar-refractivity contribution in [2.75, 3.05) is 10.0 Å². The Morgan fingerprint density at radius 2 is 1.86 bits per heavy atom. The smallest absolute Gasteiger partial charge is 0.296 e. The van der Waals surface area contributed by atoms with Crippen LogP contribution in [0.3, 0.4) is 0 Å². The first-order chi connectivity index (χ1) is 9.83. The van der Waals surface area contributed by atoms with Crippen LogP contribution in [0.25, 0.3) is 0 Å². The minimum atomic E-state index is -3.80. The number of rotatable bonds is 5. The monoisotopic (exact) mass is 371 g/mol. The predicted molar refractivity (Wildman–Crippen MR) is 86.3 cm³/mol. The van der Waals surface area contributed by atoms with Gasteiger partial charge in [-0.2, -0.15) is 8.42 Å². The number of aromatic hydroxyl groups is 1. The zero-order chi connectivity index (χ0) is 15.5. The summed E-state index contributed by atoms with van der Waals surface area (Å²) >= 11 is 3.34. The van der Waals surface area contributed by atoms with Crippen LogP contribution in [0.1, 0.15) is 5.56 Å². The van der Waals surface area contributed by atoms with Crippen LogP contribution in [0.4, 0.5) is 11.4 Å². The Labute approximate surface area is 131 Å². The minimum Gasteiger partial charge on any atom is -0.508 e. The summed E-state index contributed by atoms with van der Waals surface area (Å²) < 4.78 is 25.0. The minimum absolute atomic E-state index is 0.185. The van der Waals surface area contributed by atoms with E-state index in [-0.39, 0.29) is 5.75 Å².